The summed E-state index contributed by atoms with van der Waals surface area (Å²) in [6.45, 7) is 11.8. The first kappa shape index (κ1) is 23.0. The van der Waals surface area contributed by atoms with Crippen molar-refractivity contribution in [3.8, 4) is 5.75 Å². The Balaban J connectivity index is 2.01. The number of thiazole rings is 1. The molecule has 0 saturated carbocycles. The fourth-order valence-corrected chi connectivity index (χ4v) is 5.08. The van der Waals surface area contributed by atoms with Gasteiger partial charge < -0.3 is 9.30 Å². The first-order valence-electron chi connectivity index (χ1n) is 10.6. The third-order valence-electron chi connectivity index (χ3n) is 5.61. The van der Waals surface area contributed by atoms with Crippen molar-refractivity contribution in [1.82, 2.24) is 9.47 Å². The van der Waals surface area contributed by atoms with Gasteiger partial charge in [-0.2, -0.15) is 4.99 Å². The number of nitrogens with zero attached hydrogens (tertiary/aromatic N) is 3. The Kier molecular flexibility index (Phi) is 7.43. The van der Waals surface area contributed by atoms with Crippen LogP contribution in [0, 0.1) is 0 Å². The van der Waals surface area contributed by atoms with Gasteiger partial charge in [-0.05, 0) is 49.5 Å². The Bertz CT molecular complexity index is 958. The van der Waals surface area contributed by atoms with Gasteiger partial charge in [0, 0.05) is 28.7 Å². The Morgan fingerprint density at radius 3 is 2.77 bits per heavy atom. The van der Waals surface area contributed by atoms with Crippen LogP contribution in [0.4, 0.5) is 0 Å². The van der Waals surface area contributed by atoms with E-state index in [0.29, 0.717) is 22.4 Å². The number of halogens is 1. The highest BCUT2D eigenvalue weighted by atomic mass is 35.5. The van der Waals surface area contributed by atoms with Gasteiger partial charge in [-0.25, -0.2) is 0 Å². The molecule has 7 heteroatoms. The molecule has 2 aromatic rings. The number of benzene rings is 1. The molecule has 1 aliphatic rings. The molecule has 0 spiro atoms. The number of carbonyl (C=O) groups is 1. The molecular weight excluding hydrogens is 418 g/mol. The van der Waals surface area contributed by atoms with E-state index in [0.717, 1.165) is 24.4 Å². The molecule has 30 heavy (non-hydrogen) atoms. The predicted octanol–water partition coefficient (Wildman–Crippen LogP) is 5.12. The number of likely N-dealkylation sites (N-methyl/N-ethyl adjacent to an activating group) is 1. The molecule has 1 atom stereocenters. The zero-order chi connectivity index (χ0) is 21.9. The van der Waals surface area contributed by atoms with E-state index in [1.54, 1.807) is 36.6 Å². The molecule has 1 aromatic carbocycles. The molecule has 5 nitrogen and oxygen atoms in total. The van der Waals surface area contributed by atoms with Crippen LogP contribution in [0.2, 0.25) is 5.02 Å². The van der Waals surface area contributed by atoms with E-state index in [4.69, 9.17) is 16.3 Å². The van der Waals surface area contributed by atoms with Crippen LogP contribution in [-0.4, -0.2) is 41.6 Å². The number of carbonyl (C=O) groups excluding carboxylic acids is 1. The van der Waals surface area contributed by atoms with E-state index >= 15 is 0 Å². The third kappa shape index (κ3) is 5.34. The first-order chi connectivity index (χ1) is 14.2. The van der Waals surface area contributed by atoms with Crippen molar-refractivity contribution in [3.05, 3.63) is 44.7 Å². The van der Waals surface area contributed by atoms with Gasteiger partial charge in [0.25, 0.3) is 5.91 Å². The van der Waals surface area contributed by atoms with E-state index < -0.39 is 0 Å². The second-order valence-electron chi connectivity index (χ2n) is 8.82. The quantitative estimate of drug-likeness (QED) is 0.636. The Hall–Kier alpha value is -1.63. The monoisotopic (exact) mass is 449 g/mol. The molecule has 1 amide bonds. The molecule has 2 heterocycles. The van der Waals surface area contributed by atoms with Gasteiger partial charge >= 0.3 is 0 Å². The molecule has 0 N–H and O–H groups in total. The van der Waals surface area contributed by atoms with Crippen molar-refractivity contribution in [2.24, 2.45) is 4.99 Å². The summed E-state index contributed by atoms with van der Waals surface area (Å²) < 4.78 is 7.51. The van der Waals surface area contributed by atoms with Gasteiger partial charge in [0.1, 0.15) is 5.75 Å². The molecule has 1 aliphatic heterocycles. The fraction of sp³-hybridized carbons (Fsp3) is 0.565. The van der Waals surface area contributed by atoms with E-state index in [-0.39, 0.29) is 11.3 Å². The van der Waals surface area contributed by atoms with E-state index in [1.807, 2.05) is 0 Å². The maximum Gasteiger partial charge on any atom is 0.283 e. The van der Waals surface area contributed by atoms with Crippen molar-refractivity contribution in [2.75, 3.05) is 20.2 Å². The standard InChI is InChI=1S/C23H32ClN3O2S/c1-6-26-12-8-7-9-17(26)14-27-15-20(23(2,3)4)30-22(27)25-21(28)18-13-16(24)10-11-19(18)29-5/h10-11,13,15,17H,6-9,12,14H2,1-5H3/t17-/m1/s1. The van der Waals surface area contributed by atoms with Gasteiger partial charge in [0.2, 0.25) is 0 Å². The average molecular weight is 450 g/mol. The lowest BCUT2D eigenvalue weighted by atomic mass is 9.95. The minimum absolute atomic E-state index is 0.00596. The zero-order valence-electron chi connectivity index (χ0n) is 18.6. The van der Waals surface area contributed by atoms with Crippen LogP contribution in [-0.2, 0) is 12.0 Å². The molecule has 0 unspecified atom stereocenters. The van der Waals surface area contributed by atoms with E-state index in [9.17, 15) is 4.79 Å². The van der Waals surface area contributed by atoms with E-state index in [2.05, 4.69) is 48.4 Å². The van der Waals surface area contributed by atoms with Gasteiger partial charge in [0.15, 0.2) is 4.80 Å². The highest BCUT2D eigenvalue weighted by molar-refractivity contribution is 7.09. The second-order valence-corrected chi connectivity index (χ2v) is 10.3. The molecule has 1 aromatic heterocycles. The van der Waals surface area contributed by atoms with Gasteiger partial charge in [0.05, 0.1) is 12.7 Å². The van der Waals surface area contributed by atoms with Crippen LogP contribution < -0.4 is 9.54 Å². The lowest BCUT2D eigenvalue weighted by molar-refractivity contribution is 0.0993. The number of hydrogen-bond donors (Lipinski definition) is 0. The SMILES string of the molecule is CCN1CCCC[C@@H]1Cn1cc(C(C)(C)C)sc1=NC(=O)c1cc(Cl)ccc1OC. The molecule has 1 fully saturated rings. The number of rotatable bonds is 5. The summed E-state index contributed by atoms with van der Waals surface area (Å²) in [7, 11) is 1.55. The number of ether oxygens (including phenoxy) is 1. The lowest BCUT2D eigenvalue weighted by Gasteiger charge is -2.35. The summed E-state index contributed by atoms with van der Waals surface area (Å²) in [5.74, 6) is 0.151. The lowest BCUT2D eigenvalue weighted by Crippen LogP contribution is -2.43. The molecule has 0 aliphatic carbocycles. The summed E-state index contributed by atoms with van der Waals surface area (Å²) in [5, 5.41) is 0.490. The summed E-state index contributed by atoms with van der Waals surface area (Å²) >= 11 is 7.71. The van der Waals surface area contributed by atoms with Crippen molar-refractivity contribution in [3.63, 3.8) is 0 Å². The minimum Gasteiger partial charge on any atom is -0.496 e. The van der Waals surface area contributed by atoms with Crippen LogP contribution in [0.25, 0.3) is 0 Å². The fourth-order valence-electron chi connectivity index (χ4n) is 3.85. The Morgan fingerprint density at radius 2 is 2.10 bits per heavy atom. The van der Waals surface area contributed by atoms with Crippen LogP contribution >= 0.6 is 22.9 Å². The maximum absolute atomic E-state index is 13.0. The molecule has 3 rings (SSSR count). The number of piperidine rings is 1. The first-order valence-corrected chi connectivity index (χ1v) is 11.8. The van der Waals surface area contributed by atoms with Gasteiger partial charge in [-0.1, -0.05) is 45.7 Å². The topological polar surface area (TPSA) is 46.8 Å². The predicted molar refractivity (Wildman–Crippen MR) is 124 cm³/mol. The van der Waals surface area contributed by atoms with Crippen LogP contribution in [0.1, 0.15) is 62.2 Å². The molecule has 1 saturated heterocycles. The van der Waals surface area contributed by atoms with Crippen molar-refractivity contribution >= 4 is 28.8 Å². The maximum atomic E-state index is 13.0. The third-order valence-corrected chi connectivity index (χ3v) is 7.29. The largest absolute Gasteiger partial charge is 0.496 e. The highest BCUT2D eigenvalue weighted by Crippen LogP contribution is 2.26. The summed E-state index contributed by atoms with van der Waals surface area (Å²) in [5.41, 5.74) is 0.378. The van der Waals surface area contributed by atoms with Crippen molar-refractivity contribution in [1.29, 1.82) is 0 Å². The Labute approximate surface area is 188 Å². The normalized spacial score (nSPS) is 18.6. The molecule has 0 radical (unpaired) electrons. The smallest absolute Gasteiger partial charge is 0.283 e. The molecule has 164 valence electrons. The number of amides is 1. The average Bonchev–Trinajstić information content (AvgIpc) is 3.11. The zero-order valence-corrected chi connectivity index (χ0v) is 20.1. The van der Waals surface area contributed by atoms with Crippen LogP contribution in [0.3, 0.4) is 0 Å². The number of aromatic nitrogens is 1. The van der Waals surface area contributed by atoms with Crippen LogP contribution in [0.15, 0.2) is 29.4 Å². The Morgan fingerprint density at radius 1 is 1.33 bits per heavy atom. The molecular formula is C23H32ClN3O2S. The van der Waals surface area contributed by atoms with Gasteiger partial charge in [-0.15, -0.1) is 11.3 Å². The summed E-state index contributed by atoms with van der Waals surface area (Å²) in [4.78, 5) is 22.0. The molecule has 0 bridgehead atoms. The second kappa shape index (κ2) is 9.67. The summed E-state index contributed by atoms with van der Waals surface area (Å²) in [6.07, 6.45) is 5.87. The van der Waals surface area contributed by atoms with Crippen molar-refractivity contribution < 1.29 is 9.53 Å². The van der Waals surface area contributed by atoms with Crippen LogP contribution in [0.5, 0.6) is 5.75 Å². The number of hydrogen-bond acceptors (Lipinski definition) is 4. The number of likely N-dealkylation sites (tertiary alicyclic amines) is 1. The van der Waals surface area contributed by atoms with Crippen molar-refractivity contribution in [2.45, 2.75) is 65.0 Å². The van der Waals surface area contributed by atoms with Gasteiger partial charge in [-0.3, -0.25) is 9.69 Å². The number of methoxy groups -OCH3 is 1. The highest BCUT2D eigenvalue weighted by Gasteiger charge is 2.24. The summed E-state index contributed by atoms with van der Waals surface area (Å²) in [6, 6.07) is 5.51. The minimum atomic E-state index is -0.332. The van der Waals surface area contributed by atoms with E-state index in [1.165, 1.54) is 24.1 Å².